The molecule has 0 aliphatic heterocycles. The summed E-state index contributed by atoms with van der Waals surface area (Å²) in [5.74, 6) is 1.59. The summed E-state index contributed by atoms with van der Waals surface area (Å²) in [6, 6.07) is 0. The normalized spacial score (nSPS) is 9.52. The highest BCUT2D eigenvalue weighted by Gasteiger charge is 2.15. The molecular weight excluding hydrogens is 336 g/mol. The first kappa shape index (κ1) is 20.4. The van der Waals surface area contributed by atoms with Crippen molar-refractivity contribution in [1.82, 2.24) is 9.80 Å². The third-order valence-electron chi connectivity index (χ3n) is 2.21. The molecule has 0 unspecified atom stereocenters. The molecule has 0 rings (SSSR count). The van der Waals surface area contributed by atoms with Gasteiger partial charge in [-0.1, -0.05) is 72.3 Å². The van der Waals surface area contributed by atoms with Gasteiger partial charge in [0.05, 0.1) is 6.67 Å². The zero-order valence-electron chi connectivity index (χ0n) is 12.2. The molecule has 0 fully saturated rings. The highest BCUT2D eigenvalue weighted by Crippen LogP contribution is 2.14. The Labute approximate surface area is 148 Å². The van der Waals surface area contributed by atoms with E-state index in [0.717, 1.165) is 20.1 Å². The summed E-state index contributed by atoms with van der Waals surface area (Å²) in [5, 5.41) is 0. The lowest BCUT2D eigenvalue weighted by molar-refractivity contribution is 0.320. The Morgan fingerprint density at radius 3 is 1.43 bits per heavy atom. The van der Waals surface area contributed by atoms with E-state index in [1.165, 1.54) is 0 Å². The number of nitrogens with zero attached hydrogens (tertiary/aromatic N) is 2. The lowest BCUT2D eigenvalue weighted by atomic mass is 10.5. The third-order valence-corrected chi connectivity index (χ3v) is 5.24. The van der Waals surface area contributed by atoms with Crippen LogP contribution in [-0.2, 0) is 0 Å². The van der Waals surface area contributed by atoms with Crippen molar-refractivity contribution in [1.29, 1.82) is 0 Å². The maximum atomic E-state index is 5.46. The monoisotopic (exact) mass is 358 g/mol. The van der Waals surface area contributed by atoms with Crippen LogP contribution in [0.25, 0.3) is 0 Å². The predicted molar refractivity (Wildman–Crippen MR) is 109 cm³/mol. The SMILES string of the molecule is C=CCSC(=S)N(CC=C)CN(CC=C)C(=S)SCC=C. The maximum Gasteiger partial charge on any atom is 0.138 e. The summed E-state index contributed by atoms with van der Waals surface area (Å²) in [7, 11) is 0. The molecule has 0 heterocycles. The average molecular weight is 359 g/mol. The largest absolute Gasteiger partial charge is 0.336 e. The summed E-state index contributed by atoms with van der Waals surface area (Å²) in [5.41, 5.74) is 0. The Morgan fingerprint density at radius 2 is 1.14 bits per heavy atom. The van der Waals surface area contributed by atoms with Crippen molar-refractivity contribution in [3.63, 3.8) is 0 Å². The molecule has 0 saturated heterocycles. The minimum absolute atomic E-state index is 0.629. The van der Waals surface area contributed by atoms with Gasteiger partial charge in [0, 0.05) is 24.6 Å². The van der Waals surface area contributed by atoms with Crippen LogP contribution in [0.15, 0.2) is 50.6 Å². The van der Waals surface area contributed by atoms with Gasteiger partial charge in [0.2, 0.25) is 0 Å². The van der Waals surface area contributed by atoms with Gasteiger partial charge in [-0.2, -0.15) is 0 Å². The molecule has 0 spiro atoms. The van der Waals surface area contributed by atoms with E-state index in [1.807, 2.05) is 24.3 Å². The van der Waals surface area contributed by atoms with E-state index in [4.69, 9.17) is 24.4 Å². The highest BCUT2D eigenvalue weighted by molar-refractivity contribution is 8.23. The van der Waals surface area contributed by atoms with Gasteiger partial charge in [-0.15, -0.1) is 26.3 Å². The summed E-state index contributed by atoms with van der Waals surface area (Å²) in [6.07, 6.45) is 7.36. The second kappa shape index (κ2) is 13.1. The molecule has 21 heavy (non-hydrogen) atoms. The molecular formula is C15H22N2S4. The molecule has 0 aliphatic carbocycles. The quantitative estimate of drug-likeness (QED) is 0.323. The van der Waals surface area contributed by atoms with Crippen molar-refractivity contribution in [2.45, 2.75) is 0 Å². The van der Waals surface area contributed by atoms with Crippen LogP contribution in [-0.4, -0.2) is 49.7 Å². The lowest BCUT2D eigenvalue weighted by Gasteiger charge is -2.31. The van der Waals surface area contributed by atoms with E-state index in [9.17, 15) is 0 Å². The zero-order valence-corrected chi connectivity index (χ0v) is 15.5. The number of hydrogen-bond acceptors (Lipinski definition) is 4. The van der Waals surface area contributed by atoms with Crippen molar-refractivity contribution in [3.8, 4) is 0 Å². The smallest absolute Gasteiger partial charge is 0.138 e. The second-order valence-corrected chi connectivity index (χ2v) is 7.20. The molecule has 0 atom stereocenters. The fourth-order valence-electron chi connectivity index (χ4n) is 1.34. The standard InChI is InChI=1S/C15H22N2S4/c1-5-9-16(14(18)20-11-7-3)13-17(10-6-2)15(19)21-12-8-4/h5-8H,1-4,9-13H2. The molecule has 0 aliphatic rings. The van der Waals surface area contributed by atoms with Crippen LogP contribution in [0.5, 0.6) is 0 Å². The van der Waals surface area contributed by atoms with Crippen molar-refractivity contribution < 1.29 is 0 Å². The van der Waals surface area contributed by atoms with Crippen molar-refractivity contribution >= 4 is 56.6 Å². The van der Waals surface area contributed by atoms with Gasteiger partial charge in [-0.25, -0.2) is 0 Å². The fraction of sp³-hybridized carbons (Fsp3) is 0.333. The van der Waals surface area contributed by atoms with E-state index >= 15 is 0 Å². The Kier molecular flexibility index (Phi) is 12.8. The minimum Gasteiger partial charge on any atom is -0.336 e. The Bertz CT molecular complexity index is 357. The van der Waals surface area contributed by atoms with Gasteiger partial charge in [-0.05, 0) is 0 Å². The maximum absolute atomic E-state index is 5.46. The third kappa shape index (κ3) is 9.14. The van der Waals surface area contributed by atoms with E-state index in [2.05, 4.69) is 36.1 Å². The van der Waals surface area contributed by atoms with Gasteiger partial charge in [-0.3, -0.25) is 0 Å². The van der Waals surface area contributed by atoms with E-state index < -0.39 is 0 Å². The molecule has 0 aromatic rings. The van der Waals surface area contributed by atoms with Crippen LogP contribution in [0.1, 0.15) is 0 Å². The van der Waals surface area contributed by atoms with Crippen molar-refractivity contribution in [2.24, 2.45) is 0 Å². The van der Waals surface area contributed by atoms with Crippen LogP contribution >= 0.6 is 48.0 Å². The van der Waals surface area contributed by atoms with Crippen LogP contribution in [0.2, 0.25) is 0 Å². The Balaban J connectivity index is 4.78. The first-order chi connectivity index (χ1) is 10.1. The minimum atomic E-state index is 0.629. The fourth-order valence-corrected chi connectivity index (χ4v) is 3.16. The lowest BCUT2D eigenvalue weighted by Crippen LogP contribution is -2.41. The zero-order chi connectivity index (χ0) is 16.1. The molecule has 2 nitrogen and oxygen atoms in total. The average Bonchev–Trinajstić information content (AvgIpc) is 2.48. The van der Waals surface area contributed by atoms with Crippen LogP contribution in [0.3, 0.4) is 0 Å². The molecule has 0 saturated carbocycles. The topological polar surface area (TPSA) is 6.48 Å². The predicted octanol–water partition coefficient (Wildman–Crippen LogP) is 4.33. The molecule has 0 radical (unpaired) electrons. The first-order valence-electron chi connectivity index (χ1n) is 6.37. The summed E-state index contributed by atoms with van der Waals surface area (Å²) in [6.45, 7) is 17.0. The van der Waals surface area contributed by atoms with Gasteiger partial charge >= 0.3 is 0 Å². The summed E-state index contributed by atoms with van der Waals surface area (Å²) < 4.78 is 1.64. The second-order valence-electron chi connectivity index (χ2n) is 3.89. The van der Waals surface area contributed by atoms with Crippen molar-refractivity contribution in [3.05, 3.63) is 50.6 Å². The molecule has 0 N–H and O–H groups in total. The van der Waals surface area contributed by atoms with Gasteiger partial charge < -0.3 is 9.80 Å². The molecule has 0 aromatic carbocycles. The number of hydrogen-bond donors (Lipinski definition) is 0. The van der Waals surface area contributed by atoms with E-state index in [0.29, 0.717) is 19.8 Å². The Hall–Kier alpha value is -0.560. The Morgan fingerprint density at radius 1 is 0.762 bits per heavy atom. The van der Waals surface area contributed by atoms with Gasteiger partial charge in [0.25, 0.3) is 0 Å². The van der Waals surface area contributed by atoms with E-state index in [1.54, 1.807) is 23.5 Å². The highest BCUT2D eigenvalue weighted by atomic mass is 32.2. The van der Waals surface area contributed by atoms with Crippen LogP contribution < -0.4 is 0 Å². The van der Waals surface area contributed by atoms with Gasteiger partial charge in [0.15, 0.2) is 0 Å². The van der Waals surface area contributed by atoms with Gasteiger partial charge in [0.1, 0.15) is 8.64 Å². The van der Waals surface area contributed by atoms with E-state index in [-0.39, 0.29) is 0 Å². The summed E-state index contributed by atoms with van der Waals surface area (Å²) in [4.78, 5) is 4.14. The number of thiocarbonyl (C=S) groups is 2. The van der Waals surface area contributed by atoms with Crippen molar-refractivity contribution in [2.75, 3.05) is 31.3 Å². The van der Waals surface area contributed by atoms with Crippen LogP contribution in [0, 0.1) is 0 Å². The number of thioether (sulfide) groups is 2. The molecule has 0 aromatic heterocycles. The first-order valence-corrected chi connectivity index (χ1v) is 9.16. The molecule has 6 heteroatoms. The molecule has 0 bridgehead atoms. The summed E-state index contributed by atoms with van der Waals surface area (Å²) >= 11 is 14.1. The molecule has 0 amide bonds. The number of rotatable bonds is 10. The van der Waals surface area contributed by atoms with Crippen LogP contribution in [0.4, 0.5) is 0 Å². The molecule has 116 valence electrons.